The van der Waals surface area contributed by atoms with Gasteiger partial charge in [0.2, 0.25) is 5.91 Å². The number of hydrogen-bond acceptors (Lipinski definition) is 4. The highest BCUT2D eigenvalue weighted by atomic mass is 16.5. The number of primary amides is 1. The monoisotopic (exact) mass is 278 g/mol. The van der Waals surface area contributed by atoms with Crippen LogP contribution in [0.5, 0.6) is 5.75 Å². The van der Waals surface area contributed by atoms with Gasteiger partial charge in [0.25, 0.3) is 0 Å². The van der Waals surface area contributed by atoms with Crippen LogP contribution in [0.25, 0.3) is 0 Å². The smallest absolute Gasteiger partial charge is 0.240 e. The van der Waals surface area contributed by atoms with Gasteiger partial charge in [-0.25, -0.2) is 0 Å². The molecule has 1 amide bonds. The quantitative estimate of drug-likeness (QED) is 0.749. The summed E-state index contributed by atoms with van der Waals surface area (Å²) >= 11 is 0. The molecular formula is C15H22N2O3. The Labute approximate surface area is 119 Å². The van der Waals surface area contributed by atoms with Crippen molar-refractivity contribution >= 4 is 5.91 Å². The summed E-state index contributed by atoms with van der Waals surface area (Å²) in [7, 11) is 1.65. The van der Waals surface area contributed by atoms with Gasteiger partial charge < -0.3 is 15.2 Å². The fourth-order valence-corrected chi connectivity index (χ4v) is 1.98. The Kier molecular flexibility index (Phi) is 4.62. The average Bonchev–Trinajstić information content (AvgIpc) is 3.21. The van der Waals surface area contributed by atoms with Gasteiger partial charge in [-0.15, -0.1) is 0 Å². The molecule has 0 radical (unpaired) electrons. The maximum atomic E-state index is 11.6. The first-order valence-electron chi connectivity index (χ1n) is 6.82. The third kappa shape index (κ3) is 3.95. The largest absolute Gasteiger partial charge is 0.491 e. The Hall–Kier alpha value is -1.59. The Morgan fingerprint density at radius 1 is 1.50 bits per heavy atom. The summed E-state index contributed by atoms with van der Waals surface area (Å²) in [6, 6.07) is 8.02. The third-order valence-corrected chi connectivity index (χ3v) is 3.38. The van der Waals surface area contributed by atoms with Crippen LogP contribution in [0.15, 0.2) is 24.3 Å². The van der Waals surface area contributed by atoms with E-state index in [0.717, 1.165) is 18.4 Å². The predicted octanol–water partition coefficient (Wildman–Crippen LogP) is 1.21. The van der Waals surface area contributed by atoms with Crippen LogP contribution in [0.2, 0.25) is 0 Å². The molecule has 1 atom stereocenters. The zero-order valence-electron chi connectivity index (χ0n) is 12.0. The molecule has 1 aromatic carbocycles. The van der Waals surface area contributed by atoms with E-state index in [4.69, 9.17) is 15.2 Å². The van der Waals surface area contributed by atoms with Gasteiger partial charge in [0.05, 0.1) is 6.61 Å². The predicted molar refractivity (Wildman–Crippen MR) is 76.4 cm³/mol. The van der Waals surface area contributed by atoms with Crippen molar-refractivity contribution < 1.29 is 14.3 Å². The first-order chi connectivity index (χ1) is 9.53. The summed E-state index contributed by atoms with van der Waals surface area (Å²) in [5.41, 5.74) is 5.68. The van der Waals surface area contributed by atoms with Crippen LogP contribution in [-0.2, 0) is 16.1 Å². The molecule has 5 nitrogen and oxygen atoms in total. The minimum atomic E-state index is -0.835. The molecule has 1 aliphatic carbocycles. The van der Waals surface area contributed by atoms with E-state index < -0.39 is 11.4 Å². The second kappa shape index (κ2) is 6.24. The Morgan fingerprint density at radius 2 is 2.25 bits per heavy atom. The van der Waals surface area contributed by atoms with Crippen molar-refractivity contribution in [2.75, 3.05) is 13.7 Å². The highest BCUT2D eigenvalue weighted by molar-refractivity contribution is 5.84. The van der Waals surface area contributed by atoms with Crippen molar-refractivity contribution in [3.05, 3.63) is 29.8 Å². The Bertz CT molecular complexity index is 474. The molecular weight excluding hydrogens is 256 g/mol. The fraction of sp³-hybridized carbons (Fsp3) is 0.533. The van der Waals surface area contributed by atoms with E-state index in [9.17, 15) is 4.79 Å². The molecule has 0 spiro atoms. The van der Waals surface area contributed by atoms with Crippen molar-refractivity contribution in [3.63, 3.8) is 0 Å². The number of rotatable bonds is 8. The Balaban J connectivity index is 1.97. The molecule has 0 saturated heterocycles. The van der Waals surface area contributed by atoms with Crippen LogP contribution < -0.4 is 15.8 Å². The van der Waals surface area contributed by atoms with E-state index in [1.165, 1.54) is 0 Å². The van der Waals surface area contributed by atoms with Crippen LogP contribution in [0, 0.1) is 0 Å². The number of amides is 1. The molecule has 1 saturated carbocycles. The maximum absolute atomic E-state index is 11.6. The fourth-order valence-electron chi connectivity index (χ4n) is 1.98. The number of hydrogen-bond donors (Lipinski definition) is 2. The molecule has 0 aliphatic heterocycles. The lowest BCUT2D eigenvalue weighted by molar-refractivity contribution is -0.125. The highest BCUT2D eigenvalue weighted by Crippen LogP contribution is 2.23. The molecule has 3 N–H and O–H groups in total. The maximum Gasteiger partial charge on any atom is 0.240 e. The SMILES string of the molecule is COCc1cccc(OCC(C)(NC2CC2)C(N)=O)c1. The van der Waals surface area contributed by atoms with Crippen molar-refractivity contribution in [2.45, 2.75) is 38.0 Å². The number of nitrogens with one attached hydrogen (secondary N) is 1. The van der Waals surface area contributed by atoms with Gasteiger partial charge in [0.15, 0.2) is 0 Å². The average molecular weight is 278 g/mol. The van der Waals surface area contributed by atoms with E-state index in [2.05, 4.69) is 5.32 Å². The summed E-state index contributed by atoms with van der Waals surface area (Å²) in [6.45, 7) is 2.53. The summed E-state index contributed by atoms with van der Waals surface area (Å²) in [5.74, 6) is 0.321. The molecule has 1 aliphatic rings. The first-order valence-corrected chi connectivity index (χ1v) is 6.82. The second-order valence-electron chi connectivity index (χ2n) is 5.48. The minimum Gasteiger partial charge on any atom is -0.491 e. The van der Waals surface area contributed by atoms with Gasteiger partial charge in [0, 0.05) is 13.2 Å². The van der Waals surface area contributed by atoms with Gasteiger partial charge in [-0.1, -0.05) is 12.1 Å². The summed E-state index contributed by atoms with van der Waals surface area (Å²) < 4.78 is 10.8. The zero-order valence-corrected chi connectivity index (χ0v) is 12.0. The molecule has 0 bridgehead atoms. The lowest BCUT2D eigenvalue weighted by Gasteiger charge is -2.27. The van der Waals surface area contributed by atoms with E-state index in [0.29, 0.717) is 18.4 Å². The molecule has 1 unspecified atom stereocenters. The van der Waals surface area contributed by atoms with E-state index >= 15 is 0 Å². The number of benzene rings is 1. The molecule has 1 aromatic rings. The van der Waals surface area contributed by atoms with Gasteiger partial charge in [-0.05, 0) is 37.5 Å². The third-order valence-electron chi connectivity index (χ3n) is 3.38. The lowest BCUT2D eigenvalue weighted by atomic mass is 10.0. The van der Waals surface area contributed by atoms with Crippen LogP contribution in [-0.4, -0.2) is 31.2 Å². The van der Waals surface area contributed by atoms with Crippen LogP contribution in [0.4, 0.5) is 0 Å². The van der Waals surface area contributed by atoms with Crippen LogP contribution >= 0.6 is 0 Å². The second-order valence-corrected chi connectivity index (χ2v) is 5.48. The number of methoxy groups -OCH3 is 1. The van der Waals surface area contributed by atoms with Gasteiger partial charge in [0.1, 0.15) is 17.9 Å². The van der Waals surface area contributed by atoms with Crippen molar-refractivity contribution in [1.29, 1.82) is 0 Å². The zero-order chi connectivity index (χ0) is 14.6. The van der Waals surface area contributed by atoms with Crippen molar-refractivity contribution in [2.24, 2.45) is 5.73 Å². The molecule has 20 heavy (non-hydrogen) atoms. The summed E-state index contributed by atoms with van der Waals surface area (Å²) in [4.78, 5) is 11.6. The summed E-state index contributed by atoms with van der Waals surface area (Å²) in [6.07, 6.45) is 2.18. The molecule has 0 aromatic heterocycles. The number of nitrogens with two attached hydrogens (primary N) is 1. The van der Waals surface area contributed by atoms with Gasteiger partial charge in [-0.3, -0.25) is 10.1 Å². The minimum absolute atomic E-state index is 0.218. The highest BCUT2D eigenvalue weighted by Gasteiger charge is 2.37. The topological polar surface area (TPSA) is 73.6 Å². The number of carbonyl (C=O) groups excluding carboxylic acids is 1. The molecule has 1 fully saturated rings. The normalized spacial score (nSPS) is 17.5. The van der Waals surface area contributed by atoms with E-state index in [-0.39, 0.29) is 6.61 Å². The number of ether oxygens (including phenoxy) is 2. The van der Waals surface area contributed by atoms with Gasteiger partial charge >= 0.3 is 0 Å². The van der Waals surface area contributed by atoms with E-state index in [1.807, 2.05) is 24.3 Å². The van der Waals surface area contributed by atoms with Crippen molar-refractivity contribution in [1.82, 2.24) is 5.32 Å². The molecule has 0 heterocycles. The Morgan fingerprint density at radius 3 is 2.85 bits per heavy atom. The van der Waals surface area contributed by atoms with E-state index in [1.54, 1.807) is 14.0 Å². The van der Waals surface area contributed by atoms with Crippen molar-refractivity contribution in [3.8, 4) is 5.75 Å². The van der Waals surface area contributed by atoms with Crippen LogP contribution in [0.3, 0.4) is 0 Å². The first kappa shape index (κ1) is 14.8. The van der Waals surface area contributed by atoms with Gasteiger partial charge in [-0.2, -0.15) is 0 Å². The molecule has 2 rings (SSSR count). The summed E-state index contributed by atoms with van der Waals surface area (Å²) in [5, 5.41) is 3.25. The molecule has 110 valence electrons. The molecule has 5 heteroatoms. The standard InChI is InChI=1S/C15H22N2O3/c1-15(14(16)18,17-12-6-7-12)10-20-13-5-3-4-11(8-13)9-19-2/h3-5,8,12,17H,6-7,9-10H2,1-2H3,(H2,16,18). The lowest BCUT2D eigenvalue weighted by Crippen LogP contribution is -2.57. The number of carbonyl (C=O) groups is 1. The van der Waals surface area contributed by atoms with Crippen LogP contribution in [0.1, 0.15) is 25.3 Å².